The van der Waals surface area contributed by atoms with Crippen LogP contribution in [0.4, 0.5) is 0 Å². The lowest BCUT2D eigenvalue weighted by Gasteiger charge is -2.34. The summed E-state index contributed by atoms with van der Waals surface area (Å²) >= 11 is 0. The first-order valence-corrected chi connectivity index (χ1v) is 2.51. The lowest BCUT2D eigenvalue weighted by Crippen LogP contribution is -2.46. The van der Waals surface area contributed by atoms with Gasteiger partial charge in [0.05, 0.1) is 0 Å². The third-order valence-corrected chi connectivity index (χ3v) is 0.896. The zero-order chi connectivity index (χ0) is 8.15. The van der Waals surface area contributed by atoms with Crippen LogP contribution < -0.4 is 11.5 Å². The molecule has 0 radical (unpaired) electrons. The maximum Gasteiger partial charge on any atom is 0.143 e. The molecule has 2 atom stereocenters. The first-order chi connectivity index (χ1) is 4.63. The second-order valence-electron chi connectivity index (χ2n) is 1.55. The molecule has 0 saturated heterocycles. The van der Waals surface area contributed by atoms with Gasteiger partial charge in [-0.1, -0.05) is 0 Å². The van der Waals surface area contributed by atoms with Gasteiger partial charge >= 0.3 is 0 Å². The standard InChI is InChI=1S/C4H10N5O/c1-7-3(5)9(10)4(6)8-2/h3-4H,1-2,5-6H2/q-1. The third kappa shape index (κ3) is 2.19. The molecule has 0 fully saturated rings. The first-order valence-electron chi connectivity index (χ1n) is 2.51. The van der Waals surface area contributed by atoms with Gasteiger partial charge in [-0.15, -0.1) is 0 Å². The van der Waals surface area contributed by atoms with Crippen molar-refractivity contribution in [2.24, 2.45) is 21.5 Å². The van der Waals surface area contributed by atoms with Crippen LogP contribution in [0.15, 0.2) is 9.98 Å². The molecule has 0 rings (SSSR count). The lowest BCUT2D eigenvalue weighted by molar-refractivity contribution is 0.224. The van der Waals surface area contributed by atoms with Crippen LogP contribution in [-0.2, 0) is 0 Å². The molecule has 0 spiro atoms. The van der Waals surface area contributed by atoms with Crippen molar-refractivity contribution in [3.63, 3.8) is 0 Å². The Bertz CT molecular complexity index is 113. The van der Waals surface area contributed by atoms with Crippen molar-refractivity contribution in [1.82, 2.24) is 5.06 Å². The molecule has 10 heavy (non-hydrogen) atoms. The molecular formula is C4H10N5O-. The van der Waals surface area contributed by atoms with Crippen LogP contribution in [0.2, 0.25) is 0 Å². The fourth-order valence-electron chi connectivity index (χ4n) is 0.317. The highest BCUT2D eigenvalue weighted by molar-refractivity contribution is 5.24. The zero-order valence-electron chi connectivity index (χ0n) is 5.47. The molecule has 6 nitrogen and oxygen atoms in total. The van der Waals surface area contributed by atoms with Crippen LogP contribution in [0, 0.1) is 5.21 Å². The van der Waals surface area contributed by atoms with E-state index in [0.29, 0.717) is 5.06 Å². The topological polar surface area (TPSA) is 103 Å². The maximum absolute atomic E-state index is 10.7. The summed E-state index contributed by atoms with van der Waals surface area (Å²) in [5, 5.41) is 11.0. The van der Waals surface area contributed by atoms with Crippen LogP contribution in [-0.4, -0.2) is 31.1 Å². The predicted molar refractivity (Wildman–Crippen MR) is 40.3 cm³/mol. The van der Waals surface area contributed by atoms with Gasteiger partial charge in [0.1, 0.15) is 12.6 Å². The summed E-state index contributed by atoms with van der Waals surface area (Å²) in [6, 6.07) is 0. The van der Waals surface area contributed by atoms with E-state index in [1.807, 2.05) is 0 Å². The average molecular weight is 144 g/mol. The number of hydrogen-bond acceptors (Lipinski definition) is 6. The molecule has 0 bridgehead atoms. The summed E-state index contributed by atoms with van der Waals surface area (Å²) in [7, 11) is 0. The summed E-state index contributed by atoms with van der Waals surface area (Å²) < 4.78 is 0. The third-order valence-electron chi connectivity index (χ3n) is 0.896. The second kappa shape index (κ2) is 4.07. The van der Waals surface area contributed by atoms with Crippen LogP contribution in [0.25, 0.3) is 0 Å². The Labute approximate surface area is 58.8 Å². The van der Waals surface area contributed by atoms with Crippen LogP contribution in [0.3, 0.4) is 0 Å². The van der Waals surface area contributed by atoms with E-state index in [-0.39, 0.29) is 0 Å². The molecule has 6 heteroatoms. The smallest absolute Gasteiger partial charge is 0.143 e. The molecule has 0 aromatic heterocycles. The van der Waals surface area contributed by atoms with Gasteiger partial charge in [-0.25, -0.2) is 0 Å². The number of hydrogen-bond donors (Lipinski definition) is 2. The van der Waals surface area contributed by atoms with Gasteiger partial charge in [-0.3, -0.25) is 21.5 Å². The molecule has 0 aromatic carbocycles. The summed E-state index contributed by atoms with van der Waals surface area (Å²) in [6.45, 7) is 6.13. The first kappa shape index (κ1) is 9.18. The zero-order valence-corrected chi connectivity index (χ0v) is 5.47. The van der Waals surface area contributed by atoms with E-state index in [4.69, 9.17) is 11.5 Å². The Balaban J connectivity index is 3.91. The van der Waals surface area contributed by atoms with Crippen molar-refractivity contribution in [3.05, 3.63) is 5.21 Å². The van der Waals surface area contributed by atoms with E-state index in [1.165, 1.54) is 0 Å². The molecule has 0 aliphatic rings. The second-order valence-corrected chi connectivity index (χ2v) is 1.55. The minimum atomic E-state index is -1.07. The van der Waals surface area contributed by atoms with Crippen LogP contribution in [0.5, 0.6) is 0 Å². The Morgan fingerprint density at radius 1 is 1.20 bits per heavy atom. The Kier molecular flexibility index (Phi) is 3.74. The number of rotatable bonds is 4. The summed E-state index contributed by atoms with van der Waals surface area (Å²) in [5.74, 6) is 0. The monoisotopic (exact) mass is 144 g/mol. The normalized spacial score (nSPS) is 16.4. The number of aliphatic imine (C=N–C) groups is 2. The van der Waals surface area contributed by atoms with Crippen molar-refractivity contribution in [3.8, 4) is 0 Å². The van der Waals surface area contributed by atoms with Crippen molar-refractivity contribution >= 4 is 13.4 Å². The van der Waals surface area contributed by atoms with Gasteiger partial charge in [0.2, 0.25) is 0 Å². The van der Waals surface area contributed by atoms with Crippen molar-refractivity contribution in [1.29, 1.82) is 0 Å². The highest BCUT2D eigenvalue weighted by Crippen LogP contribution is 1.94. The highest BCUT2D eigenvalue weighted by atomic mass is 16.5. The lowest BCUT2D eigenvalue weighted by atomic mass is 10.7. The number of hydroxylamine groups is 2. The average Bonchev–Trinajstić information content (AvgIpc) is 2.00. The summed E-state index contributed by atoms with van der Waals surface area (Å²) in [6.07, 6.45) is -2.14. The van der Waals surface area contributed by atoms with Crippen LogP contribution in [0.1, 0.15) is 0 Å². The summed E-state index contributed by atoms with van der Waals surface area (Å²) in [4.78, 5) is 6.46. The van der Waals surface area contributed by atoms with Gasteiger partial charge in [-0.2, -0.15) is 0 Å². The minimum absolute atomic E-state index is 0.292. The van der Waals surface area contributed by atoms with Gasteiger partial charge in [0.25, 0.3) is 0 Å². The largest absolute Gasteiger partial charge is 0.780 e. The molecule has 0 aliphatic carbocycles. The van der Waals surface area contributed by atoms with E-state index in [9.17, 15) is 5.21 Å². The number of nitrogens with two attached hydrogens (primary N) is 2. The Hall–Kier alpha value is -0.820. The SMILES string of the molecule is C=NC(N)N([O-])C(N)N=C. The Morgan fingerprint density at radius 2 is 1.50 bits per heavy atom. The fraction of sp³-hybridized carbons (Fsp3) is 0.500. The molecule has 0 aliphatic heterocycles. The minimum Gasteiger partial charge on any atom is -0.780 e. The van der Waals surface area contributed by atoms with E-state index < -0.39 is 12.6 Å². The fourth-order valence-corrected chi connectivity index (χ4v) is 0.317. The van der Waals surface area contributed by atoms with Gasteiger partial charge in [0, 0.05) is 0 Å². The Morgan fingerprint density at radius 3 is 1.70 bits per heavy atom. The molecule has 0 amide bonds. The van der Waals surface area contributed by atoms with Gasteiger partial charge in [0.15, 0.2) is 0 Å². The molecule has 4 N–H and O–H groups in total. The van der Waals surface area contributed by atoms with Crippen LogP contribution >= 0.6 is 0 Å². The van der Waals surface area contributed by atoms with Crippen molar-refractivity contribution in [2.45, 2.75) is 12.6 Å². The molecule has 2 unspecified atom stereocenters. The molecular weight excluding hydrogens is 134 g/mol. The van der Waals surface area contributed by atoms with Crippen molar-refractivity contribution in [2.75, 3.05) is 0 Å². The van der Waals surface area contributed by atoms with Gasteiger partial charge in [-0.05, 0) is 13.4 Å². The molecule has 0 saturated carbocycles. The maximum atomic E-state index is 10.7. The van der Waals surface area contributed by atoms with E-state index in [2.05, 4.69) is 23.4 Å². The van der Waals surface area contributed by atoms with Crippen molar-refractivity contribution < 1.29 is 0 Å². The summed E-state index contributed by atoms with van der Waals surface area (Å²) in [5.41, 5.74) is 10.2. The number of nitrogens with zero attached hydrogens (tertiary/aromatic N) is 3. The van der Waals surface area contributed by atoms with E-state index in [0.717, 1.165) is 0 Å². The predicted octanol–water partition coefficient (Wildman–Crippen LogP) is -1.33. The highest BCUT2D eigenvalue weighted by Gasteiger charge is 2.05. The van der Waals surface area contributed by atoms with E-state index in [1.54, 1.807) is 0 Å². The molecule has 0 heterocycles. The van der Waals surface area contributed by atoms with Gasteiger partial charge < -0.3 is 10.3 Å². The molecule has 58 valence electrons. The molecule has 0 aromatic rings. The van der Waals surface area contributed by atoms with E-state index >= 15 is 0 Å². The quantitative estimate of drug-likeness (QED) is 0.290.